The van der Waals surface area contributed by atoms with E-state index in [1.165, 1.54) is 13.2 Å². The van der Waals surface area contributed by atoms with Crippen LogP contribution >= 0.6 is 0 Å². The molecule has 0 fully saturated rings. The molecule has 0 heterocycles. The number of carbonyl (C=O) groups excluding carboxylic acids is 1. The summed E-state index contributed by atoms with van der Waals surface area (Å²) >= 11 is 0. The molecule has 3 nitrogen and oxygen atoms in total. The fourth-order valence-electron chi connectivity index (χ4n) is 0.175. The summed E-state index contributed by atoms with van der Waals surface area (Å²) in [4.78, 5) is 10.1. The van der Waals surface area contributed by atoms with E-state index in [9.17, 15) is 4.79 Å². The van der Waals surface area contributed by atoms with Gasteiger partial charge < -0.3 is 9.47 Å². The first kappa shape index (κ1) is 6.92. The van der Waals surface area contributed by atoms with Crippen LogP contribution < -0.4 is 0 Å². The lowest BCUT2D eigenvalue weighted by molar-refractivity contribution is 0.0818. The summed E-state index contributed by atoms with van der Waals surface area (Å²) in [6, 6.07) is 0. The van der Waals surface area contributed by atoms with Gasteiger partial charge in [-0.3, -0.25) is 0 Å². The molecule has 8 heavy (non-hydrogen) atoms. The Balaban J connectivity index is 3.11. The van der Waals surface area contributed by atoms with Crippen molar-refractivity contribution in [2.45, 2.75) is 0 Å². The average Bonchev–Trinajstić information content (AvgIpc) is 1.83. The number of rotatable bonds is 2. The van der Waals surface area contributed by atoms with Gasteiger partial charge in [0, 0.05) is 0 Å². The Morgan fingerprint density at radius 1 is 1.88 bits per heavy atom. The van der Waals surface area contributed by atoms with E-state index in [0.29, 0.717) is 0 Å². The van der Waals surface area contributed by atoms with Gasteiger partial charge in [-0.1, -0.05) is 0 Å². The van der Waals surface area contributed by atoms with Gasteiger partial charge in [-0.15, -0.1) is 0 Å². The van der Waals surface area contributed by atoms with E-state index in [-0.39, 0.29) is 6.61 Å². The third-order valence-corrected chi connectivity index (χ3v) is 0.464. The topological polar surface area (TPSA) is 35.5 Å². The summed E-state index contributed by atoms with van der Waals surface area (Å²) in [6.45, 7) is 4.96. The lowest BCUT2D eigenvalue weighted by atomic mass is 10.7. The van der Waals surface area contributed by atoms with E-state index in [1.807, 2.05) is 0 Å². The molecule has 0 atom stereocenters. The molecule has 0 aliphatic heterocycles. The predicted octanol–water partition coefficient (Wildman–Crippen LogP) is 0.759. The molecule has 0 amide bonds. The van der Waals surface area contributed by atoms with Gasteiger partial charge in [0.05, 0.1) is 7.11 Å². The maximum atomic E-state index is 10.1. The van der Waals surface area contributed by atoms with Crippen molar-refractivity contribution in [2.24, 2.45) is 0 Å². The number of carbonyl (C=O) groups is 1. The van der Waals surface area contributed by atoms with Crippen LogP contribution in [0.2, 0.25) is 0 Å². The Hall–Kier alpha value is -1.08. The van der Waals surface area contributed by atoms with E-state index < -0.39 is 6.16 Å². The largest absolute Gasteiger partial charge is 0.508 e. The van der Waals surface area contributed by atoms with Crippen molar-refractivity contribution in [1.29, 1.82) is 0 Å². The maximum Gasteiger partial charge on any atom is 0.508 e. The highest BCUT2D eigenvalue weighted by Crippen LogP contribution is 1.79. The molecule has 0 N–H and O–H groups in total. The molecule has 0 aliphatic carbocycles. The van der Waals surface area contributed by atoms with Crippen LogP contribution in [0.4, 0.5) is 4.79 Å². The molecule has 0 saturated heterocycles. The van der Waals surface area contributed by atoms with E-state index in [4.69, 9.17) is 6.58 Å². The smallest absolute Gasteiger partial charge is 0.438 e. The minimum atomic E-state index is -0.716. The number of ether oxygens (including phenoxy) is 2. The highest BCUT2D eigenvalue weighted by molar-refractivity contribution is 5.59. The standard InChI is InChI=1S/C5H7O3/c1-3-4-8-5(6)7-2/h1,3H,4H2,2H3/q+1. The van der Waals surface area contributed by atoms with Gasteiger partial charge >= 0.3 is 6.16 Å². The first-order chi connectivity index (χ1) is 3.81. The maximum absolute atomic E-state index is 10.1. The van der Waals surface area contributed by atoms with Gasteiger partial charge in [0.15, 0.2) is 12.7 Å². The fraction of sp³-hybridized carbons (Fsp3) is 0.400. The molecule has 0 aromatic heterocycles. The quantitative estimate of drug-likeness (QED) is 0.393. The molecule has 0 radical (unpaired) electrons. The van der Waals surface area contributed by atoms with E-state index >= 15 is 0 Å². The van der Waals surface area contributed by atoms with Crippen LogP contribution in [0, 0.1) is 6.58 Å². The Kier molecular flexibility index (Phi) is 3.54. The molecule has 3 heteroatoms. The highest BCUT2D eigenvalue weighted by atomic mass is 16.7. The number of hydrogen-bond donors (Lipinski definition) is 0. The molecular formula is C5H7O3+. The molecule has 0 aliphatic rings. The third kappa shape index (κ3) is 3.12. The summed E-state index contributed by atoms with van der Waals surface area (Å²) in [5, 5.41) is 0. The summed E-state index contributed by atoms with van der Waals surface area (Å²) in [5.74, 6) is 0. The molecule has 44 valence electrons. The van der Waals surface area contributed by atoms with Crippen molar-refractivity contribution in [2.75, 3.05) is 13.7 Å². The minimum Gasteiger partial charge on any atom is -0.438 e. The molecule has 0 aromatic carbocycles. The summed E-state index contributed by atoms with van der Waals surface area (Å²) in [6.07, 6.45) is 0.503. The first-order valence-corrected chi connectivity index (χ1v) is 2.05. The molecule has 0 rings (SSSR count). The van der Waals surface area contributed by atoms with Crippen molar-refractivity contribution < 1.29 is 14.3 Å². The van der Waals surface area contributed by atoms with Gasteiger partial charge in [-0.05, 0) is 0 Å². The second kappa shape index (κ2) is 4.09. The van der Waals surface area contributed by atoms with Gasteiger partial charge in [-0.25, -0.2) is 4.79 Å². The van der Waals surface area contributed by atoms with Gasteiger partial charge in [0.2, 0.25) is 6.58 Å². The molecule has 0 aromatic rings. The van der Waals surface area contributed by atoms with Gasteiger partial charge in [0.1, 0.15) is 0 Å². The number of methoxy groups -OCH3 is 1. The van der Waals surface area contributed by atoms with Crippen LogP contribution in [-0.2, 0) is 9.47 Å². The zero-order chi connectivity index (χ0) is 6.41. The highest BCUT2D eigenvalue weighted by Gasteiger charge is 1.96. The van der Waals surface area contributed by atoms with Crippen molar-refractivity contribution in [1.82, 2.24) is 0 Å². The second-order valence-corrected chi connectivity index (χ2v) is 1.00. The van der Waals surface area contributed by atoms with Crippen molar-refractivity contribution in [3.05, 3.63) is 12.7 Å². The average molecular weight is 115 g/mol. The predicted molar refractivity (Wildman–Crippen MR) is 27.2 cm³/mol. The lowest BCUT2D eigenvalue weighted by Crippen LogP contribution is -2.02. The van der Waals surface area contributed by atoms with Crippen molar-refractivity contribution in [3.63, 3.8) is 0 Å². The zero-order valence-corrected chi connectivity index (χ0v) is 4.59. The summed E-state index contributed by atoms with van der Waals surface area (Å²) in [5.41, 5.74) is 0. The molecule has 0 unspecified atom stereocenters. The molecule has 0 saturated carbocycles. The van der Waals surface area contributed by atoms with Gasteiger partial charge in [0.25, 0.3) is 0 Å². The normalized spacial score (nSPS) is 7.50. The summed E-state index contributed by atoms with van der Waals surface area (Å²) in [7, 11) is 1.23. The van der Waals surface area contributed by atoms with Crippen molar-refractivity contribution >= 4 is 6.16 Å². The lowest BCUT2D eigenvalue weighted by Gasteiger charge is -1.93. The zero-order valence-electron chi connectivity index (χ0n) is 4.59. The summed E-state index contributed by atoms with van der Waals surface area (Å²) < 4.78 is 8.41. The SMILES string of the molecule is [CH+]=CCOC(=O)OC. The Morgan fingerprint density at radius 3 is 2.88 bits per heavy atom. The van der Waals surface area contributed by atoms with Crippen LogP contribution in [0.15, 0.2) is 6.08 Å². The Labute approximate surface area is 47.9 Å². The third-order valence-electron chi connectivity index (χ3n) is 0.464. The van der Waals surface area contributed by atoms with Crippen molar-refractivity contribution in [3.8, 4) is 0 Å². The van der Waals surface area contributed by atoms with E-state index in [2.05, 4.69) is 9.47 Å². The second-order valence-electron chi connectivity index (χ2n) is 1.00. The van der Waals surface area contributed by atoms with Gasteiger partial charge in [-0.2, -0.15) is 0 Å². The van der Waals surface area contributed by atoms with E-state index in [0.717, 1.165) is 0 Å². The first-order valence-electron chi connectivity index (χ1n) is 2.05. The number of hydrogen-bond acceptors (Lipinski definition) is 3. The molecule has 0 spiro atoms. The monoisotopic (exact) mass is 115 g/mol. The minimum absolute atomic E-state index is 0.0900. The van der Waals surface area contributed by atoms with E-state index in [1.54, 1.807) is 0 Å². The van der Waals surface area contributed by atoms with Crippen LogP contribution in [0.5, 0.6) is 0 Å². The molecule has 0 bridgehead atoms. The molecular weight excluding hydrogens is 108 g/mol. The van der Waals surface area contributed by atoms with Crippen LogP contribution in [0.1, 0.15) is 0 Å². The van der Waals surface area contributed by atoms with Crippen LogP contribution in [0.3, 0.4) is 0 Å². The van der Waals surface area contributed by atoms with Crippen LogP contribution in [-0.4, -0.2) is 19.9 Å². The Morgan fingerprint density at radius 2 is 2.50 bits per heavy atom. The fourth-order valence-corrected chi connectivity index (χ4v) is 0.175. The van der Waals surface area contributed by atoms with Crippen LogP contribution in [0.25, 0.3) is 0 Å². The Bertz CT molecular complexity index is 87.7.